The maximum atomic E-state index is 13.5. The first kappa shape index (κ1) is 27.9. The summed E-state index contributed by atoms with van der Waals surface area (Å²) in [7, 11) is -4.00. The Labute approximate surface area is 212 Å². The van der Waals surface area contributed by atoms with E-state index in [1.807, 2.05) is 0 Å². The second-order valence-corrected chi connectivity index (χ2v) is 11.3. The van der Waals surface area contributed by atoms with E-state index in [9.17, 15) is 31.2 Å². The highest BCUT2D eigenvalue weighted by Crippen LogP contribution is 2.35. The van der Waals surface area contributed by atoms with Crippen LogP contribution in [0.1, 0.15) is 36.1 Å². The number of carboxylic acid groups (broad SMARTS) is 1. The second kappa shape index (κ2) is 10.4. The summed E-state index contributed by atoms with van der Waals surface area (Å²) in [5.41, 5.74) is 0.310. The number of carboxylic acids is 1. The number of carbonyl (C=O) groups excluding carboxylic acids is 1. The first-order valence-electron chi connectivity index (χ1n) is 11.1. The lowest BCUT2D eigenvalue weighted by atomic mass is 10.1. The van der Waals surface area contributed by atoms with E-state index in [-0.39, 0.29) is 36.7 Å². The van der Waals surface area contributed by atoms with Crippen LogP contribution in [0.4, 0.5) is 13.2 Å². The number of nitrogens with zero attached hydrogens (tertiary/aromatic N) is 2. The van der Waals surface area contributed by atoms with Crippen molar-refractivity contribution in [1.29, 1.82) is 0 Å². The van der Waals surface area contributed by atoms with Gasteiger partial charge in [-0.2, -0.15) is 17.5 Å². The van der Waals surface area contributed by atoms with E-state index in [4.69, 9.17) is 16.7 Å². The Bertz CT molecular complexity index is 1270. The van der Waals surface area contributed by atoms with Gasteiger partial charge in [0.2, 0.25) is 15.9 Å². The van der Waals surface area contributed by atoms with Crippen LogP contribution in [0, 0.1) is 6.92 Å². The molecule has 1 N–H and O–H groups in total. The number of aliphatic carboxylic acids is 1. The van der Waals surface area contributed by atoms with Crippen LogP contribution in [0.5, 0.6) is 0 Å². The van der Waals surface area contributed by atoms with E-state index in [1.54, 1.807) is 26.8 Å². The Morgan fingerprint density at radius 3 is 2.17 bits per heavy atom. The lowest BCUT2D eigenvalue weighted by molar-refractivity contribution is -0.138. The SMILES string of the molecule is Cc1cc(CC(=O)O)cc(S(=O)(=O)N2C(C)CN(C(=O)Cc3ccc(C(F)(F)F)c(Cl)c3)CC2C)c1. The van der Waals surface area contributed by atoms with Gasteiger partial charge in [0.05, 0.1) is 28.3 Å². The fourth-order valence-electron chi connectivity index (χ4n) is 4.54. The molecule has 36 heavy (non-hydrogen) atoms. The number of alkyl halides is 3. The van der Waals surface area contributed by atoms with E-state index in [2.05, 4.69) is 0 Å². The van der Waals surface area contributed by atoms with Crippen molar-refractivity contribution < 1.29 is 36.3 Å². The van der Waals surface area contributed by atoms with E-state index in [1.165, 1.54) is 27.4 Å². The summed E-state index contributed by atoms with van der Waals surface area (Å²) in [4.78, 5) is 25.5. The lowest BCUT2D eigenvalue weighted by Gasteiger charge is -2.43. The molecule has 1 fully saturated rings. The van der Waals surface area contributed by atoms with Crippen molar-refractivity contribution in [1.82, 2.24) is 9.21 Å². The normalized spacial score (nSPS) is 19.4. The van der Waals surface area contributed by atoms with Crippen molar-refractivity contribution in [2.75, 3.05) is 13.1 Å². The Kier molecular flexibility index (Phi) is 8.07. The van der Waals surface area contributed by atoms with Gasteiger partial charge in [0.25, 0.3) is 0 Å². The van der Waals surface area contributed by atoms with E-state index >= 15 is 0 Å². The summed E-state index contributed by atoms with van der Waals surface area (Å²) in [5, 5.41) is 8.59. The number of carbonyl (C=O) groups is 2. The highest BCUT2D eigenvalue weighted by molar-refractivity contribution is 7.89. The molecule has 1 aliphatic heterocycles. The van der Waals surface area contributed by atoms with Gasteiger partial charge in [0.15, 0.2) is 0 Å². The second-order valence-electron chi connectivity index (χ2n) is 9.05. The van der Waals surface area contributed by atoms with Crippen LogP contribution in [0.15, 0.2) is 41.3 Å². The fraction of sp³-hybridized carbons (Fsp3) is 0.417. The molecule has 7 nitrogen and oxygen atoms in total. The molecular formula is C24H26ClF3N2O5S. The molecule has 0 saturated carbocycles. The number of rotatable bonds is 6. The quantitative estimate of drug-likeness (QED) is 0.587. The van der Waals surface area contributed by atoms with E-state index in [0.717, 1.165) is 12.1 Å². The molecule has 1 heterocycles. The van der Waals surface area contributed by atoms with Crippen molar-refractivity contribution in [2.24, 2.45) is 0 Å². The Hall–Kier alpha value is -2.63. The highest BCUT2D eigenvalue weighted by atomic mass is 35.5. The Morgan fingerprint density at radius 2 is 1.64 bits per heavy atom. The first-order valence-corrected chi connectivity index (χ1v) is 12.9. The van der Waals surface area contributed by atoms with Gasteiger partial charge in [-0.15, -0.1) is 0 Å². The summed E-state index contributed by atoms with van der Waals surface area (Å²) < 4.78 is 67.1. The zero-order valence-electron chi connectivity index (χ0n) is 19.8. The van der Waals surface area contributed by atoms with Crippen LogP contribution in [-0.2, 0) is 38.6 Å². The molecule has 3 rings (SSSR count). The first-order chi connectivity index (χ1) is 16.6. The van der Waals surface area contributed by atoms with Crippen molar-refractivity contribution in [3.05, 3.63) is 63.7 Å². The number of benzene rings is 2. The van der Waals surface area contributed by atoms with E-state index in [0.29, 0.717) is 16.7 Å². The number of sulfonamides is 1. The fourth-order valence-corrected chi connectivity index (χ4v) is 6.81. The maximum Gasteiger partial charge on any atom is 0.417 e. The van der Waals surface area contributed by atoms with Gasteiger partial charge in [0, 0.05) is 25.2 Å². The summed E-state index contributed by atoms with van der Waals surface area (Å²) in [6.45, 7) is 5.18. The van der Waals surface area contributed by atoms with Crippen molar-refractivity contribution in [2.45, 2.75) is 56.8 Å². The average molecular weight is 547 g/mol. The topological polar surface area (TPSA) is 95.0 Å². The molecule has 0 radical (unpaired) electrons. The summed E-state index contributed by atoms with van der Waals surface area (Å²) in [5.74, 6) is -1.44. The Morgan fingerprint density at radius 1 is 1.03 bits per heavy atom. The van der Waals surface area contributed by atoms with Gasteiger partial charge in [-0.3, -0.25) is 9.59 Å². The van der Waals surface area contributed by atoms with Crippen LogP contribution < -0.4 is 0 Å². The van der Waals surface area contributed by atoms with Crippen LogP contribution in [0.3, 0.4) is 0 Å². The molecule has 1 amide bonds. The molecule has 196 valence electrons. The molecule has 0 bridgehead atoms. The number of halogens is 4. The van der Waals surface area contributed by atoms with Crippen molar-refractivity contribution in [3.8, 4) is 0 Å². The zero-order chi connectivity index (χ0) is 27.0. The number of piperazine rings is 1. The molecule has 1 aliphatic rings. The third-order valence-electron chi connectivity index (χ3n) is 5.93. The Balaban J connectivity index is 1.77. The zero-order valence-corrected chi connectivity index (χ0v) is 21.4. The van der Waals surface area contributed by atoms with Crippen molar-refractivity contribution in [3.63, 3.8) is 0 Å². The van der Waals surface area contributed by atoms with Crippen LogP contribution in [0.2, 0.25) is 5.02 Å². The molecule has 0 aromatic heterocycles. The maximum absolute atomic E-state index is 13.5. The van der Waals surface area contributed by atoms with Gasteiger partial charge >= 0.3 is 12.1 Å². The third-order valence-corrected chi connectivity index (χ3v) is 8.35. The molecule has 1 saturated heterocycles. The van der Waals surface area contributed by atoms with Gasteiger partial charge in [-0.25, -0.2) is 8.42 Å². The van der Waals surface area contributed by atoms with Gasteiger partial charge in [-0.05, 0) is 61.7 Å². The minimum atomic E-state index is -4.60. The van der Waals surface area contributed by atoms with Crippen LogP contribution >= 0.6 is 11.6 Å². The van der Waals surface area contributed by atoms with E-state index < -0.39 is 44.8 Å². The van der Waals surface area contributed by atoms with Gasteiger partial charge < -0.3 is 10.0 Å². The number of hydrogen-bond donors (Lipinski definition) is 1. The lowest BCUT2D eigenvalue weighted by Crippen LogP contribution is -2.59. The molecule has 2 aromatic rings. The smallest absolute Gasteiger partial charge is 0.417 e. The molecule has 0 aliphatic carbocycles. The number of hydrogen-bond acceptors (Lipinski definition) is 4. The van der Waals surface area contributed by atoms with Gasteiger partial charge in [0.1, 0.15) is 0 Å². The summed E-state index contributed by atoms with van der Waals surface area (Å²) >= 11 is 5.76. The van der Waals surface area contributed by atoms with Gasteiger partial charge in [-0.1, -0.05) is 23.7 Å². The average Bonchev–Trinajstić information content (AvgIpc) is 2.71. The standard InChI is InChI=1S/C24H26ClF3N2O5S/c1-14-6-18(11-23(32)33)8-19(7-14)36(34,35)30-15(2)12-29(13-16(30)3)22(31)10-17-4-5-20(21(25)9-17)24(26,27)28/h4-9,15-16H,10-13H2,1-3H3,(H,32,33). The molecule has 0 spiro atoms. The minimum Gasteiger partial charge on any atom is -0.481 e. The predicted molar refractivity (Wildman–Crippen MR) is 127 cm³/mol. The monoisotopic (exact) mass is 546 g/mol. The minimum absolute atomic E-state index is 0.0170. The number of aryl methyl sites for hydroxylation is 1. The van der Waals surface area contributed by atoms with Crippen LogP contribution in [-0.4, -0.2) is 59.8 Å². The number of amides is 1. The largest absolute Gasteiger partial charge is 0.481 e. The molecular weight excluding hydrogens is 521 g/mol. The third kappa shape index (κ3) is 6.19. The molecule has 12 heteroatoms. The molecule has 2 unspecified atom stereocenters. The molecule has 2 aromatic carbocycles. The highest BCUT2D eigenvalue weighted by Gasteiger charge is 2.40. The predicted octanol–water partition coefficient (Wildman–Crippen LogP) is 4.15. The molecule has 2 atom stereocenters. The summed E-state index contributed by atoms with van der Waals surface area (Å²) in [6, 6.07) is 6.40. The van der Waals surface area contributed by atoms with Crippen molar-refractivity contribution >= 4 is 33.5 Å². The van der Waals surface area contributed by atoms with Crippen LogP contribution in [0.25, 0.3) is 0 Å². The summed E-state index contributed by atoms with van der Waals surface area (Å²) in [6.07, 6.45) is -5.09.